The summed E-state index contributed by atoms with van der Waals surface area (Å²) >= 11 is 0. The fourth-order valence-corrected chi connectivity index (χ4v) is 4.87. The fourth-order valence-electron chi connectivity index (χ4n) is 4.87. The summed E-state index contributed by atoms with van der Waals surface area (Å²) < 4.78 is 21.7. The van der Waals surface area contributed by atoms with Crippen molar-refractivity contribution in [2.45, 2.75) is 141 Å². The van der Waals surface area contributed by atoms with Gasteiger partial charge in [-0.25, -0.2) is 0 Å². The molecule has 9 nitrogen and oxygen atoms in total. The Morgan fingerprint density at radius 2 is 1.22 bits per heavy atom. The molecule has 1 aliphatic rings. The van der Waals surface area contributed by atoms with Crippen LogP contribution in [0.4, 0.5) is 0 Å². The molecule has 6 unspecified atom stereocenters. The molecule has 1 aliphatic heterocycles. The molecule has 0 saturated carbocycles. The van der Waals surface area contributed by atoms with Crippen LogP contribution in [-0.2, 0) is 23.7 Å². The molecular formula is C37H62O9. The Kier molecular flexibility index (Phi) is 26.5. The largest absolute Gasteiger partial charge is 0.458 e. The van der Waals surface area contributed by atoms with Crippen LogP contribution in [0.1, 0.15) is 104 Å². The summed E-state index contributed by atoms with van der Waals surface area (Å²) in [6.07, 6.45) is 30.3. The van der Waals surface area contributed by atoms with E-state index in [-0.39, 0.29) is 13.2 Å². The number of esters is 1. The number of aliphatic hydroxyl groups is 4. The van der Waals surface area contributed by atoms with E-state index < -0.39 is 49.4 Å². The predicted octanol–water partition coefficient (Wildman–Crippen LogP) is 6.01. The highest BCUT2D eigenvalue weighted by molar-refractivity contribution is 5.66. The average Bonchev–Trinajstić information content (AvgIpc) is 3.04. The molecule has 4 N–H and O–H groups in total. The van der Waals surface area contributed by atoms with Crippen molar-refractivity contribution in [1.29, 1.82) is 0 Å². The van der Waals surface area contributed by atoms with Crippen LogP contribution >= 0.6 is 0 Å². The van der Waals surface area contributed by atoms with E-state index in [0.717, 1.165) is 57.8 Å². The third-order valence-corrected chi connectivity index (χ3v) is 7.50. The molecule has 1 saturated heterocycles. The van der Waals surface area contributed by atoms with Gasteiger partial charge in [-0.05, 0) is 51.4 Å². The van der Waals surface area contributed by atoms with Gasteiger partial charge in [-0.1, -0.05) is 106 Å². The fraction of sp³-hybridized carbons (Fsp3) is 0.703. The summed E-state index contributed by atoms with van der Waals surface area (Å²) in [6, 6.07) is 0. The van der Waals surface area contributed by atoms with Crippen LogP contribution in [0.3, 0.4) is 0 Å². The number of hydrogen-bond acceptors (Lipinski definition) is 9. The van der Waals surface area contributed by atoms with Gasteiger partial charge < -0.3 is 39.4 Å². The molecule has 264 valence electrons. The van der Waals surface area contributed by atoms with E-state index in [1.54, 1.807) is 0 Å². The zero-order chi connectivity index (χ0) is 33.7. The van der Waals surface area contributed by atoms with Crippen LogP contribution in [0.2, 0.25) is 0 Å². The first-order valence-electron chi connectivity index (χ1n) is 17.3. The second-order valence-electron chi connectivity index (χ2n) is 11.7. The summed E-state index contributed by atoms with van der Waals surface area (Å²) in [7, 11) is 0. The van der Waals surface area contributed by atoms with Crippen LogP contribution in [0.15, 0.2) is 60.8 Å². The maximum atomic E-state index is 11.5. The molecule has 0 bridgehead atoms. The number of hydrogen-bond donors (Lipinski definition) is 4. The van der Waals surface area contributed by atoms with Gasteiger partial charge in [0, 0.05) is 13.5 Å². The second-order valence-corrected chi connectivity index (χ2v) is 11.7. The summed E-state index contributed by atoms with van der Waals surface area (Å²) in [5, 5.41) is 39.2. The molecule has 1 heterocycles. The van der Waals surface area contributed by atoms with Gasteiger partial charge in [-0.15, -0.1) is 0 Å². The van der Waals surface area contributed by atoms with E-state index in [1.807, 2.05) is 0 Å². The minimum absolute atomic E-state index is 0.120. The summed E-state index contributed by atoms with van der Waals surface area (Å²) in [5.41, 5.74) is 0. The first-order chi connectivity index (χ1) is 22.4. The zero-order valence-corrected chi connectivity index (χ0v) is 28.3. The van der Waals surface area contributed by atoms with Crippen molar-refractivity contribution in [3.05, 3.63) is 60.8 Å². The van der Waals surface area contributed by atoms with E-state index in [4.69, 9.17) is 18.9 Å². The summed E-state index contributed by atoms with van der Waals surface area (Å²) in [4.78, 5) is 11.5. The highest BCUT2D eigenvalue weighted by atomic mass is 16.7. The molecule has 46 heavy (non-hydrogen) atoms. The van der Waals surface area contributed by atoms with Gasteiger partial charge in [0.05, 0.1) is 19.8 Å². The van der Waals surface area contributed by atoms with Crippen molar-refractivity contribution in [2.75, 3.05) is 26.4 Å². The lowest BCUT2D eigenvalue weighted by atomic mass is 9.99. The highest BCUT2D eigenvalue weighted by Gasteiger charge is 2.44. The van der Waals surface area contributed by atoms with E-state index in [0.29, 0.717) is 6.61 Å². The van der Waals surface area contributed by atoms with Crippen LogP contribution in [0.5, 0.6) is 0 Å². The molecule has 9 heteroatoms. The Morgan fingerprint density at radius 1 is 0.696 bits per heavy atom. The minimum atomic E-state index is -1.53. The average molecular weight is 651 g/mol. The molecule has 0 amide bonds. The van der Waals surface area contributed by atoms with E-state index in [9.17, 15) is 25.2 Å². The smallest absolute Gasteiger partial charge is 0.303 e. The van der Waals surface area contributed by atoms with Crippen molar-refractivity contribution in [3.63, 3.8) is 0 Å². The number of allylic oxidation sites excluding steroid dienone is 10. The third-order valence-electron chi connectivity index (χ3n) is 7.50. The molecule has 0 aromatic carbocycles. The maximum absolute atomic E-state index is 11.5. The lowest BCUT2D eigenvalue weighted by molar-refractivity contribution is -0.305. The Balaban J connectivity index is 2.00. The third kappa shape index (κ3) is 21.6. The maximum Gasteiger partial charge on any atom is 0.303 e. The zero-order valence-electron chi connectivity index (χ0n) is 28.3. The molecule has 0 radical (unpaired) electrons. The van der Waals surface area contributed by atoms with Gasteiger partial charge in [0.1, 0.15) is 30.5 Å². The summed E-state index contributed by atoms with van der Waals surface area (Å²) in [6.45, 7) is 3.40. The number of unbranched alkanes of at least 4 members (excludes halogenated alkanes) is 8. The predicted molar refractivity (Wildman–Crippen MR) is 182 cm³/mol. The Hall–Kier alpha value is -2.11. The van der Waals surface area contributed by atoms with Gasteiger partial charge >= 0.3 is 5.97 Å². The van der Waals surface area contributed by atoms with E-state index in [2.05, 4.69) is 67.7 Å². The molecule has 1 rings (SSSR count). The van der Waals surface area contributed by atoms with E-state index in [1.165, 1.54) is 39.0 Å². The minimum Gasteiger partial charge on any atom is -0.458 e. The molecule has 6 atom stereocenters. The number of rotatable bonds is 27. The highest BCUT2D eigenvalue weighted by Crippen LogP contribution is 2.22. The topological polar surface area (TPSA) is 135 Å². The molecule has 0 aromatic heterocycles. The van der Waals surface area contributed by atoms with Gasteiger partial charge in [0.2, 0.25) is 0 Å². The van der Waals surface area contributed by atoms with E-state index >= 15 is 0 Å². The van der Waals surface area contributed by atoms with Gasteiger partial charge in [-0.3, -0.25) is 4.79 Å². The van der Waals surface area contributed by atoms with Crippen LogP contribution in [0, 0.1) is 0 Å². The number of ether oxygens (including phenoxy) is 4. The lowest BCUT2D eigenvalue weighted by Crippen LogP contribution is -2.59. The van der Waals surface area contributed by atoms with Gasteiger partial charge in [0.25, 0.3) is 0 Å². The monoisotopic (exact) mass is 650 g/mol. The van der Waals surface area contributed by atoms with Crippen LogP contribution < -0.4 is 0 Å². The summed E-state index contributed by atoms with van der Waals surface area (Å²) in [5.74, 6) is -0.496. The molecule has 1 fully saturated rings. The lowest BCUT2D eigenvalue weighted by Gasteiger charge is -2.39. The Labute approximate surface area is 277 Å². The number of aliphatic hydroxyl groups excluding tert-OH is 4. The SMILES string of the molecule is CC/C=C\C/C=C\C/C=C\C/C=C\C/C=C\CCCCCCCCCCOCC(COC1OC(CO)C(O)C(O)C1O)OC(C)=O. The normalized spacial score (nSPS) is 23.1. The number of carbonyl (C=O) groups excluding carboxylic acids is 1. The van der Waals surface area contributed by atoms with Gasteiger partial charge in [-0.2, -0.15) is 0 Å². The van der Waals surface area contributed by atoms with Crippen LogP contribution in [0.25, 0.3) is 0 Å². The van der Waals surface area contributed by atoms with Gasteiger partial charge in [0.15, 0.2) is 6.29 Å². The second kappa shape index (κ2) is 29.1. The van der Waals surface area contributed by atoms with Crippen LogP contribution in [-0.4, -0.2) is 89.6 Å². The van der Waals surface area contributed by atoms with Crippen molar-refractivity contribution in [1.82, 2.24) is 0 Å². The molecule has 0 aromatic rings. The molecule has 0 spiro atoms. The van der Waals surface area contributed by atoms with Crippen molar-refractivity contribution in [3.8, 4) is 0 Å². The molecule has 0 aliphatic carbocycles. The standard InChI is InChI=1S/C37H62O9/c1-3-4-5-6-7-8-9-10-11-12-13-14-15-16-17-18-19-20-21-22-23-24-25-26-27-43-29-32(45-31(2)39)30-44-37-36(42)35(41)34(40)33(28-38)46-37/h4-5,7-8,10-11,13-14,16-17,32-38,40-42H,3,6,9,12,15,18-30H2,1-2H3/b5-4-,8-7-,11-10-,14-13-,17-16-. The van der Waals surface area contributed by atoms with Crippen molar-refractivity contribution in [2.24, 2.45) is 0 Å². The first kappa shape index (κ1) is 41.9. The van der Waals surface area contributed by atoms with Crippen molar-refractivity contribution < 1.29 is 44.2 Å². The first-order valence-corrected chi connectivity index (χ1v) is 17.3. The van der Waals surface area contributed by atoms with Crippen molar-refractivity contribution >= 4 is 5.97 Å². The number of carbonyl (C=O) groups is 1. The Morgan fingerprint density at radius 3 is 1.76 bits per heavy atom. The quantitative estimate of drug-likeness (QED) is 0.0479. The molecular weight excluding hydrogens is 588 g/mol. The Bertz CT molecular complexity index is 880.